The van der Waals surface area contributed by atoms with Crippen LogP contribution in [0.5, 0.6) is 0 Å². The summed E-state index contributed by atoms with van der Waals surface area (Å²) in [5.74, 6) is -5.02. The molecule has 0 heterocycles. The van der Waals surface area contributed by atoms with E-state index in [0.717, 1.165) is 0 Å². The SMILES string of the molecule is O=C(O)CC(O)(CC(=O)O)C(=O)O.[H-].[H-].[H-].[H-].[Mg+2].[Mg+2]. The normalized spacial score (nSPS) is 9.40. The third kappa shape index (κ3) is 7.79. The maximum Gasteiger partial charge on any atom is 2.00 e. The van der Waals surface area contributed by atoms with Crippen molar-refractivity contribution in [2.45, 2.75) is 18.4 Å². The summed E-state index contributed by atoms with van der Waals surface area (Å²) in [5.41, 5.74) is -2.74. The van der Waals surface area contributed by atoms with Crippen LogP contribution in [0.1, 0.15) is 18.5 Å². The molecule has 4 N–H and O–H groups in total. The molecule has 0 amide bonds. The minimum atomic E-state index is -2.74. The maximum absolute atomic E-state index is 10.3. The third-order valence-electron chi connectivity index (χ3n) is 1.29. The van der Waals surface area contributed by atoms with E-state index in [2.05, 4.69) is 0 Å². The Bertz CT molecular complexity index is 250. The molecule has 0 aliphatic heterocycles. The van der Waals surface area contributed by atoms with E-state index < -0.39 is 36.4 Å². The fourth-order valence-corrected chi connectivity index (χ4v) is 0.714. The van der Waals surface area contributed by atoms with Crippen LogP contribution in [0.4, 0.5) is 0 Å². The van der Waals surface area contributed by atoms with Crippen molar-refractivity contribution in [3.05, 3.63) is 0 Å². The first kappa shape index (κ1) is 20.3. The van der Waals surface area contributed by atoms with E-state index >= 15 is 0 Å². The van der Waals surface area contributed by atoms with E-state index in [4.69, 9.17) is 20.4 Å². The number of hydrogen-bond donors (Lipinski definition) is 4. The van der Waals surface area contributed by atoms with Crippen LogP contribution < -0.4 is 0 Å². The Morgan fingerprint density at radius 3 is 1.33 bits per heavy atom. The Labute approximate surface area is 123 Å². The van der Waals surface area contributed by atoms with Gasteiger partial charge < -0.3 is 26.1 Å². The molecule has 0 saturated carbocycles. The summed E-state index contributed by atoms with van der Waals surface area (Å²) in [6, 6.07) is 0. The summed E-state index contributed by atoms with van der Waals surface area (Å²) in [6.45, 7) is 0. The smallest absolute Gasteiger partial charge is 1.00 e. The van der Waals surface area contributed by atoms with Crippen molar-refractivity contribution >= 4 is 64.0 Å². The number of aliphatic hydroxyl groups is 1. The van der Waals surface area contributed by atoms with E-state index in [1.165, 1.54) is 0 Å². The van der Waals surface area contributed by atoms with Crippen molar-refractivity contribution in [2.24, 2.45) is 0 Å². The molecule has 0 bridgehead atoms. The zero-order valence-corrected chi connectivity index (χ0v) is 10.7. The van der Waals surface area contributed by atoms with Gasteiger partial charge >= 0.3 is 64.0 Å². The number of carbonyl (C=O) groups is 3. The van der Waals surface area contributed by atoms with Crippen molar-refractivity contribution in [1.82, 2.24) is 0 Å². The van der Waals surface area contributed by atoms with Crippen molar-refractivity contribution in [3.8, 4) is 0 Å². The van der Waals surface area contributed by atoms with Gasteiger partial charge in [-0.15, -0.1) is 0 Å². The van der Waals surface area contributed by atoms with E-state index in [1.807, 2.05) is 0 Å². The third-order valence-corrected chi connectivity index (χ3v) is 1.29. The molecule has 0 aromatic heterocycles. The van der Waals surface area contributed by atoms with Crippen LogP contribution >= 0.6 is 0 Å². The van der Waals surface area contributed by atoms with Gasteiger partial charge in [-0.05, 0) is 0 Å². The van der Waals surface area contributed by atoms with Crippen LogP contribution in [-0.2, 0) is 14.4 Å². The van der Waals surface area contributed by atoms with Crippen LogP contribution in [0.3, 0.4) is 0 Å². The summed E-state index contributed by atoms with van der Waals surface area (Å²) in [5, 5.41) is 33.8. The van der Waals surface area contributed by atoms with Gasteiger partial charge in [0.25, 0.3) is 0 Å². The molecular formula is C6H12Mg2O7. The van der Waals surface area contributed by atoms with E-state index in [1.54, 1.807) is 0 Å². The molecule has 7 nitrogen and oxygen atoms in total. The summed E-state index contributed by atoms with van der Waals surface area (Å²) in [7, 11) is 0. The zero-order chi connectivity index (χ0) is 10.6. The second-order valence-corrected chi connectivity index (χ2v) is 2.48. The first-order valence-corrected chi connectivity index (χ1v) is 3.17. The molecule has 0 saturated heterocycles. The Morgan fingerprint density at radius 2 is 1.20 bits per heavy atom. The van der Waals surface area contributed by atoms with E-state index in [0.29, 0.717) is 0 Å². The Balaban J connectivity index is -0.0000000480. The van der Waals surface area contributed by atoms with Gasteiger partial charge in [-0.3, -0.25) is 9.59 Å². The predicted octanol–water partition coefficient (Wildman–Crippen LogP) is -1.56. The largest absolute Gasteiger partial charge is 2.00 e. The van der Waals surface area contributed by atoms with Gasteiger partial charge in [-0.25, -0.2) is 4.79 Å². The Hall–Kier alpha value is -0.0975. The average molecular weight is 245 g/mol. The number of rotatable bonds is 5. The molecule has 0 aliphatic carbocycles. The zero-order valence-electron chi connectivity index (χ0n) is 11.8. The molecular weight excluding hydrogens is 233 g/mol. The van der Waals surface area contributed by atoms with E-state index in [9.17, 15) is 14.4 Å². The first-order chi connectivity index (χ1) is 5.78. The van der Waals surface area contributed by atoms with Gasteiger partial charge in [0.1, 0.15) is 0 Å². The van der Waals surface area contributed by atoms with Crippen molar-refractivity contribution in [3.63, 3.8) is 0 Å². The van der Waals surface area contributed by atoms with Crippen molar-refractivity contribution in [1.29, 1.82) is 0 Å². The van der Waals surface area contributed by atoms with Crippen LogP contribution in [0.15, 0.2) is 0 Å². The molecule has 0 aliphatic rings. The average Bonchev–Trinajstić information content (AvgIpc) is 1.82. The predicted molar refractivity (Wildman–Crippen MR) is 53.0 cm³/mol. The van der Waals surface area contributed by atoms with Crippen molar-refractivity contribution < 1.29 is 40.5 Å². The molecule has 0 aromatic rings. The first-order valence-electron chi connectivity index (χ1n) is 3.17. The quantitative estimate of drug-likeness (QED) is 0.430. The monoisotopic (exact) mass is 244 g/mol. The summed E-state index contributed by atoms with van der Waals surface area (Å²) in [6.07, 6.45) is -2.29. The van der Waals surface area contributed by atoms with Crippen LogP contribution in [0.2, 0.25) is 0 Å². The fraction of sp³-hybridized carbons (Fsp3) is 0.500. The molecule has 0 unspecified atom stereocenters. The topological polar surface area (TPSA) is 132 Å². The molecule has 0 atom stereocenters. The molecule has 0 radical (unpaired) electrons. The number of carboxylic acids is 3. The molecule has 9 heteroatoms. The summed E-state index contributed by atoms with van der Waals surface area (Å²) >= 11 is 0. The molecule has 0 aromatic carbocycles. The van der Waals surface area contributed by atoms with Crippen molar-refractivity contribution in [2.75, 3.05) is 0 Å². The van der Waals surface area contributed by atoms with Gasteiger partial charge in [0.05, 0.1) is 12.8 Å². The second kappa shape index (κ2) is 8.10. The van der Waals surface area contributed by atoms with Crippen LogP contribution in [0.25, 0.3) is 0 Å². The van der Waals surface area contributed by atoms with Crippen LogP contribution in [0, 0.1) is 0 Å². The molecule has 0 spiro atoms. The molecule has 0 fully saturated rings. The van der Waals surface area contributed by atoms with Gasteiger partial charge in [0.2, 0.25) is 0 Å². The van der Waals surface area contributed by atoms with Gasteiger partial charge in [0, 0.05) is 0 Å². The second-order valence-electron chi connectivity index (χ2n) is 2.48. The molecule has 15 heavy (non-hydrogen) atoms. The Morgan fingerprint density at radius 1 is 0.933 bits per heavy atom. The maximum atomic E-state index is 10.3. The van der Waals surface area contributed by atoms with Gasteiger partial charge in [-0.2, -0.15) is 0 Å². The standard InChI is InChI=1S/C6H8O7.2Mg.4H/c7-3(8)1-6(13,5(11)12)2-4(9)10;;;;;;/h13H,1-2H2,(H,7,8)(H,9,10)(H,11,12);;;;;;/q;2*+2;4*-1. The molecule has 82 valence electrons. The minimum absolute atomic E-state index is 0. The summed E-state index contributed by atoms with van der Waals surface area (Å²) in [4.78, 5) is 30.5. The minimum Gasteiger partial charge on any atom is -1.00 e. The number of carboxylic acid groups (broad SMARTS) is 3. The van der Waals surface area contributed by atoms with Gasteiger partial charge in [0.15, 0.2) is 5.60 Å². The van der Waals surface area contributed by atoms with Gasteiger partial charge in [-0.1, -0.05) is 0 Å². The summed E-state index contributed by atoms with van der Waals surface area (Å²) < 4.78 is 0. The number of aliphatic carboxylic acids is 3. The Kier molecular flexibility index (Phi) is 11.0. The van der Waals surface area contributed by atoms with Crippen LogP contribution in [-0.4, -0.2) is 90.0 Å². The number of hydrogen-bond acceptors (Lipinski definition) is 4. The molecule has 0 rings (SSSR count). The van der Waals surface area contributed by atoms with E-state index in [-0.39, 0.29) is 51.8 Å². The fourth-order valence-electron chi connectivity index (χ4n) is 0.714.